The van der Waals surface area contributed by atoms with Gasteiger partial charge in [0.1, 0.15) is 5.82 Å². The van der Waals surface area contributed by atoms with Gasteiger partial charge < -0.3 is 9.80 Å². The molecule has 0 bridgehead atoms. The summed E-state index contributed by atoms with van der Waals surface area (Å²) in [5.41, 5.74) is 0.778. The number of aryl methyl sites for hydroxylation is 1. The van der Waals surface area contributed by atoms with Crippen LogP contribution in [0, 0.1) is 6.92 Å². The predicted octanol–water partition coefficient (Wildman–Crippen LogP) is 0.939. The van der Waals surface area contributed by atoms with Gasteiger partial charge in [0.05, 0.1) is 0 Å². The van der Waals surface area contributed by atoms with E-state index < -0.39 is 0 Å². The first kappa shape index (κ1) is 13.9. The molecule has 0 N–H and O–H groups in total. The molecule has 8 heteroatoms. The molecule has 3 aromatic rings. The highest BCUT2D eigenvalue weighted by molar-refractivity contribution is 5.46. The third kappa shape index (κ3) is 2.67. The van der Waals surface area contributed by atoms with Gasteiger partial charge in [0.2, 0.25) is 5.95 Å². The number of hydrogen-bond donors (Lipinski definition) is 0. The van der Waals surface area contributed by atoms with Crippen LogP contribution < -0.4 is 9.80 Å². The van der Waals surface area contributed by atoms with Crippen LogP contribution in [0.1, 0.15) is 12.2 Å². The van der Waals surface area contributed by atoms with Crippen LogP contribution in [0.5, 0.6) is 0 Å². The molecule has 118 valence electrons. The second-order valence-electron chi connectivity index (χ2n) is 5.59. The fourth-order valence-electron chi connectivity index (χ4n) is 2.86. The fourth-order valence-corrected chi connectivity index (χ4v) is 2.86. The molecule has 0 aromatic carbocycles. The summed E-state index contributed by atoms with van der Waals surface area (Å²) in [5, 5.41) is 12.8. The Bertz CT molecular complexity index is 800. The van der Waals surface area contributed by atoms with Gasteiger partial charge in [-0.25, -0.2) is 9.97 Å². The van der Waals surface area contributed by atoms with Crippen LogP contribution in [0.15, 0.2) is 30.6 Å². The zero-order chi connectivity index (χ0) is 15.6. The molecule has 0 saturated carbocycles. The van der Waals surface area contributed by atoms with E-state index in [9.17, 15) is 0 Å². The number of anilines is 2. The average molecular weight is 310 g/mol. The largest absolute Gasteiger partial charge is 0.353 e. The molecule has 0 aliphatic carbocycles. The normalized spacial score (nSPS) is 15.9. The standard InChI is InChI=1S/C15H18N8/c1-12-18-19-13-4-5-14(20-23(12)13)21-8-3-9-22(11-10-21)15-16-6-2-7-17-15/h2,4-7H,3,8-11H2,1H3. The molecule has 0 radical (unpaired) electrons. The van der Waals surface area contributed by atoms with Crippen LogP contribution in [-0.2, 0) is 0 Å². The van der Waals surface area contributed by atoms with Crippen molar-refractivity contribution >= 4 is 17.4 Å². The number of nitrogens with zero attached hydrogens (tertiary/aromatic N) is 8. The molecular weight excluding hydrogens is 292 g/mol. The van der Waals surface area contributed by atoms with Crippen molar-refractivity contribution in [1.29, 1.82) is 0 Å². The first-order valence-corrected chi connectivity index (χ1v) is 7.77. The van der Waals surface area contributed by atoms with Gasteiger partial charge in [0.25, 0.3) is 0 Å². The first-order valence-electron chi connectivity index (χ1n) is 7.77. The van der Waals surface area contributed by atoms with Crippen molar-refractivity contribution in [2.45, 2.75) is 13.3 Å². The number of aromatic nitrogens is 6. The molecule has 1 fully saturated rings. The van der Waals surface area contributed by atoms with Gasteiger partial charge in [-0.2, -0.15) is 4.52 Å². The molecule has 1 saturated heterocycles. The van der Waals surface area contributed by atoms with Gasteiger partial charge in [-0.15, -0.1) is 15.3 Å². The summed E-state index contributed by atoms with van der Waals surface area (Å²) < 4.78 is 1.79. The van der Waals surface area contributed by atoms with Gasteiger partial charge in [-0.3, -0.25) is 0 Å². The van der Waals surface area contributed by atoms with Crippen molar-refractivity contribution < 1.29 is 0 Å². The van der Waals surface area contributed by atoms with E-state index in [1.54, 1.807) is 16.9 Å². The maximum Gasteiger partial charge on any atom is 0.225 e. The zero-order valence-electron chi connectivity index (χ0n) is 13.0. The maximum absolute atomic E-state index is 4.67. The summed E-state index contributed by atoms with van der Waals surface area (Å²) in [5.74, 6) is 2.56. The zero-order valence-corrected chi connectivity index (χ0v) is 13.0. The molecule has 1 aliphatic rings. The Morgan fingerprint density at radius 2 is 1.70 bits per heavy atom. The minimum Gasteiger partial charge on any atom is -0.353 e. The van der Waals surface area contributed by atoms with Crippen LogP contribution in [0.2, 0.25) is 0 Å². The van der Waals surface area contributed by atoms with Crippen molar-refractivity contribution in [3.05, 3.63) is 36.4 Å². The molecule has 4 heterocycles. The van der Waals surface area contributed by atoms with Crippen molar-refractivity contribution in [2.75, 3.05) is 36.0 Å². The molecule has 0 spiro atoms. The molecule has 4 rings (SSSR count). The highest BCUT2D eigenvalue weighted by Crippen LogP contribution is 2.16. The first-order chi connectivity index (χ1) is 11.3. The van der Waals surface area contributed by atoms with E-state index in [4.69, 9.17) is 0 Å². The second kappa shape index (κ2) is 5.79. The summed E-state index contributed by atoms with van der Waals surface area (Å²) in [6.45, 7) is 5.59. The summed E-state index contributed by atoms with van der Waals surface area (Å²) in [4.78, 5) is 13.2. The van der Waals surface area contributed by atoms with Crippen molar-refractivity contribution in [3.8, 4) is 0 Å². The van der Waals surface area contributed by atoms with Crippen molar-refractivity contribution in [1.82, 2.24) is 29.8 Å². The molecule has 0 unspecified atom stereocenters. The van der Waals surface area contributed by atoms with Gasteiger partial charge in [-0.05, 0) is 31.5 Å². The molecule has 8 nitrogen and oxygen atoms in total. The number of hydrogen-bond acceptors (Lipinski definition) is 7. The van der Waals surface area contributed by atoms with E-state index in [0.29, 0.717) is 0 Å². The highest BCUT2D eigenvalue weighted by Gasteiger charge is 2.18. The van der Waals surface area contributed by atoms with Crippen LogP contribution in [0.3, 0.4) is 0 Å². The minimum absolute atomic E-state index is 0.778. The van der Waals surface area contributed by atoms with E-state index >= 15 is 0 Å². The summed E-state index contributed by atoms with van der Waals surface area (Å²) in [7, 11) is 0. The maximum atomic E-state index is 4.67. The van der Waals surface area contributed by atoms with E-state index in [2.05, 4.69) is 35.1 Å². The van der Waals surface area contributed by atoms with Crippen LogP contribution in [0.25, 0.3) is 5.65 Å². The molecule has 0 atom stereocenters. The summed E-state index contributed by atoms with van der Waals surface area (Å²) in [6, 6.07) is 5.82. The quantitative estimate of drug-likeness (QED) is 0.697. The smallest absolute Gasteiger partial charge is 0.225 e. The Kier molecular flexibility index (Phi) is 3.49. The van der Waals surface area contributed by atoms with Gasteiger partial charge >= 0.3 is 0 Å². The lowest BCUT2D eigenvalue weighted by Gasteiger charge is -2.22. The number of fused-ring (bicyclic) bond motifs is 1. The average Bonchev–Trinajstić information content (AvgIpc) is 2.82. The molecule has 1 aliphatic heterocycles. The Hall–Kier alpha value is -2.77. The van der Waals surface area contributed by atoms with Crippen LogP contribution in [0.4, 0.5) is 11.8 Å². The minimum atomic E-state index is 0.778. The topological polar surface area (TPSA) is 75.3 Å². The third-order valence-electron chi connectivity index (χ3n) is 4.06. The van der Waals surface area contributed by atoms with Crippen molar-refractivity contribution in [3.63, 3.8) is 0 Å². The fraction of sp³-hybridized carbons (Fsp3) is 0.400. The monoisotopic (exact) mass is 310 g/mol. The molecule has 0 amide bonds. The van der Waals surface area contributed by atoms with Gasteiger partial charge in [0.15, 0.2) is 11.5 Å². The van der Waals surface area contributed by atoms with Gasteiger partial charge in [0, 0.05) is 38.6 Å². The van der Waals surface area contributed by atoms with Gasteiger partial charge in [-0.1, -0.05) is 0 Å². The lowest BCUT2D eigenvalue weighted by Crippen LogP contribution is -2.32. The highest BCUT2D eigenvalue weighted by atomic mass is 15.4. The molecule has 23 heavy (non-hydrogen) atoms. The van der Waals surface area contributed by atoms with Crippen LogP contribution >= 0.6 is 0 Å². The Morgan fingerprint density at radius 1 is 0.913 bits per heavy atom. The summed E-state index contributed by atoms with van der Waals surface area (Å²) in [6.07, 6.45) is 4.61. The molecule has 3 aromatic heterocycles. The molecular formula is C15H18N8. The lowest BCUT2D eigenvalue weighted by molar-refractivity contribution is 0.768. The van der Waals surface area contributed by atoms with E-state index in [-0.39, 0.29) is 0 Å². The SMILES string of the molecule is Cc1nnc2ccc(N3CCCN(c4ncccn4)CC3)nn12. The van der Waals surface area contributed by atoms with Crippen LogP contribution in [-0.4, -0.2) is 56.0 Å². The van der Waals surface area contributed by atoms with E-state index in [1.165, 1.54) is 0 Å². The van der Waals surface area contributed by atoms with E-state index in [1.807, 2.05) is 25.1 Å². The van der Waals surface area contributed by atoms with E-state index in [0.717, 1.165) is 55.8 Å². The Labute approximate surface area is 133 Å². The predicted molar refractivity (Wildman–Crippen MR) is 86.6 cm³/mol. The Morgan fingerprint density at radius 3 is 2.57 bits per heavy atom. The second-order valence-corrected chi connectivity index (χ2v) is 5.59. The van der Waals surface area contributed by atoms with Crippen molar-refractivity contribution in [2.24, 2.45) is 0 Å². The third-order valence-corrected chi connectivity index (χ3v) is 4.06. The Balaban J connectivity index is 1.54. The summed E-state index contributed by atoms with van der Waals surface area (Å²) >= 11 is 0. The number of rotatable bonds is 2. The lowest BCUT2D eigenvalue weighted by atomic mass is 10.3.